The molecule has 0 radical (unpaired) electrons. The largest absolute Gasteiger partial charge is 0.493 e. The molecule has 172 valence electrons. The summed E-state index contributed by atoms with van der Waals surface area (Å²) in [7, 11) is 0. The fraction of sp³-hybridized carbons (Fsp3) is 0.143. The third-order valence-electron chi connectivity index (χ3n) is 5.21. The van der Waals surface area contributed by atoms with E-state index in [1.165, 1.54) is 12.1 Å². The zero-order valence-electron chi connectivity index (χ0n) is 18.6. The topological polar surface area (TPSA) is 42.4 Å². The summed E-state index contributed by atoms with van der Waals surface area (Å²) in [5.41, 5.74) is 3.01. The highest BCUT2D eigenvalue weighted by atomic mass is 32.1. The minimum Gasteiger partial charge on any atom is -0.493 e. The maximum atomic E-state index is 13.1. The summed E-state index contributed by atoms with van der Waals surface area (Å²) in [5, 5.41) is 1.99. The van der Waals surface area contributed by atoms with Crippen LogP contribution in [0.3, 0.4) is 0 Å². The highest BCUT2D eigenvalue weighted by molar-refractivity contribution is 7.10. The Morgan fingerprint density at radius 2 is 1.74 bits per heavy atom. The van der Waals surface area contributed by atoms with E-state index >= 15 is 0 Å². The number of ether oxygens (including phenoxy) is 1. The summed E-state index contributed by atoms with van der Waals surface area (Å²) >= 11 is 1.59. The van der Waals surface area contributed by atoms with Crippen LogP contribution in [0, 0.1) is 5.82 Å². The third kappa shape index (κ3) is 7.12. The van der Waals surface area contributed by atoms with Gasteiger partial charge in [-0.05, 0) is 70.6 Å². The van der Waals surface area contributed by atoms with E-state index in [0.717, 1.165) is 27.3 Å². The van der Waals surface area contributed by atoms with Gasteiger partial charge in [0.05, 0.1) is 6.61 Å². The highest BCUT2D eigenvalue weighted by Crippen LogP contribution is 2.18. The fourth-order valence-corrected chi connectivity index (χ4v) is 4.08. The van der Waals surface area contributed by atoms with Crippen molar-refractivity contribution in [1.82, 2.24) is 9.88 Å². The standard InChI is InChI=1S/C28H25FN2O2S/c29-25-8-6-22(7-9-25)14-17-33-26-4-1-3-24(19-26)21-31(20-23-12-15-30-16-13-23)28(32)11-10-27-5-2-18-34-27/h1-13,15-16,18-19H,14,17,20-21H2/b11-10+. The summed E-state index contributed by atoms with van der Waals surface area (Å²) < 4.78 is 19.0. The molecule has 0 aliphatic rings. The summed E-state index contributed by atoms with van der Waals surface area (Å²) in [6, 6.07) is 22.0. The fourth-order valence-electron chi connectivity index (χ4n) is 3.46. The number of pyridine rings is 1. The minimum absolute atomic E-state index is 0.0622. The summed E-state index contributed by atoms with van der Waals surface area (Å²) in [5.74, 6) is 0.436. The van der Waals surface area contributed by atoms with Gasteiger partial charge in [-0.25, -0.2) is 4.39 Å². The first-order valence-corrected chi connectivity index (χ1v) is 11.9. The average Bonchev–Trinajstić information content (AvgIpc) is 3.38. The molecule has 0 atom stereocenters. The number of rotatable bonds is 10. The van der Waals surface area contributed by atoms with Crippen LogP contribution in [0.25, 0.3) is 6.08 Å². The lowest BCUT2D eigenvalue weighted by molar-refractivity contribution is -0.127. The van der Waals surface area contributed by atoms with Crippen molar-refractivity contribution in [3.05, 3.63) is 124 Å². The second-order valence-corrected chi connectivity index (χ2v) is 8.75. The van der Waals surface area contributed by atoms with Gasteiger partial charge in [0.25, 0.3) is 0 Å². The number of amides is 1. The van der Waals surface area contributed by atoms with Crippen molar-refractivity contribution in [2.24, 2.45) is 0 Å². The maximum Gasteiger partial charge on any atom is 0.247 e. The van der Waals surface area contributed by atoms with Gasteiger partial charge in [0.1, 0.15) is 11.6 Å². The predicted octanol–water partition coefficient (Wildman–Crippen LogP) is 6.15. The second kappa shape index (κ2) is 11.9. The number of carbonyl (C=O) groups excluding carboxylic acids is 1. The Balaban J connectivity index is 1.42. The maximum absolute atomic E-state index is 13.1. The van der Waals surface area contributed by atoms with Crippen LogP contribution in [0.5, 0.6) is 5.75 Å². The van der Waals surface area contributed by atoms with Crippen molar-refractivity contribution >= 4 is 23.3 Å². The quantitative estimate of drug-likeness (QED) is 0.260. The molecule has 0 saturated carbocycles. The lowest BCUT2D eigenvalue weighted by Gasteiger charge is -2.22. The molecule has 0 unspecified atom stereocenters. The molecule has 0 spiro atoms. The van der Waals surface area contributed by atoms with Gasteiger partial charge >= 0.3 is 0 Å². The zero-order valence-corrected chi connectivity index (χ0v) is 19.5. The molecule has 2 aromatic carbocycles. The van der Waals surface area contributed by atoms with Crippen LogP contribution in [-0.4, -0.2) is 22.4 Å². The van der Waals surface area contributed by atoms with E-state index in [2.05, 4.69) is 4.98 Å². The Morgan fingerprint density at radius 1 is 0.941 bits per heavy atom. The SMILES string of the molecule is O=C(/C=C/c1cccs1)N(Cc1ccncc1)Cc1cccc(OCCc2ccc(F)cc2)c1. The van der Waals surface area contributed by atoms with Crippen LogP contribution in [-0.2, 0) is 24.3 Å². The number of halogens is 1. The molecular formula is C28H25FN2O2S. The summed E-state index contributed by atoms with van der Waals surface area (Å²) in [4.78, 5) is 20.0. The number of benzene rings is 2. The van der Waals surface area contributed by atoms with E-state index in [1.54, 1.807) is 46.8 Å². The molecule has 2 aromatic heterocycles. The molecule has 4 nitrogen and oxygen atoms in total. The smallest absolute Gasteiger partial charge is 0.247 e. The van der Waals surface area contributed by atoms with E-state index in [0.29, 0.717) is 26.1 Å². The normalized spacial score (nSPS) is 11.0. The van der Waals surface area contributed by atoms with Crippen LogP contribution >= 0.6 is 11.3 Å². The van der Waals surface area contributed by atoms with E-state index in [-0.39, 0.29) is 11.7 Å². The molecule has 2 heterocycles. The Kier molecular flexibility index (Phi) is 8.19. The van der Waals surface area contributed by atoms with Crippen LogP contribution < -0.4 is 4.74 Å². The van der Waals surface area contributed by atoms with E-state index < -0.39 is 0 Å². The van der Waals surface area contributed by atoms with Gasteiger partial charge in [0.2, 0.25) is 5.91 Å². The Bertz CT molecular complexity index is 1210. The van der Waals surface area contributed by atoms with Gasteiger partial charge < -0.3 is 9.64 Å². The van der Waals surface area contributed by atoms with Gasteiger partial charge in [0, 0.05) is 42.9 Å². The van der Waals surface area contributed by atoms with Gasteiger partial charge in [-0.15, -0.1) is 11.3 Å². The molecule has 0 fully saturated rings. The van der Waals surface area contributed by atoms with Crippen molar-refractivity contribution in [3.63, 3.8) is 0 Å². The predicted molar refractivity (Wildman–Crippen MR) is 134 cm³/mol. The Hall–Kier alpha value is -3.77. The lowest BCUT2D eigenvalue weighted by Crippen LogP contribution is -2.28. The Labute approximate surface area is 203 Å². The number of nitrogens with zero attached hydrogens (tertiary/aromatic N) is 2. The van der Waals surface area contributed by atoms with Crippen molar-refractivity contribution in [1.29, 1.82) is 0 Å². The molecule has 0 bridgehead atoms. The van der Waals surface area contributed by atoms with Crippen LogP contribution in [0.2, 0.25) is 0 Å². The number of hydrogen-bond acceptors (Lipinski definition) is 4. The molecule has 6 heteroatoms. The van der Waals surface area contributed by atoms with Gasteiger partial charge in [-0.3, -0.25) is 9.78 Å². The first-order valence-electron chi connectivity index (χ1n) is 11.0. The van der Waals surface area contributed by atoms with Gasteiger partial charge in [-0.2, -0.15) is 0 Å². The molecule has 4 aromatic rings. The molecule has 0 aliphatic heterocycles. The van der Waals surface area contributed by atoms with Crippen LogP contribution in [0.4, 0.5) is 4.39 Å². The molecule has 0 N–H and O–H groups in total. The minimum atomic E-state index is -0.242. The number of thiophene rings is 1. The zero-order chi connectivity index (χ0) is 23.6. The van der Waals surface area contributed by atoms with Crippen LogP contribution in [0.1, 0.15) is 21.6 Å². The summed E-state index contributed by atoms with van der Waals surface area (Å²) in [6.45, 7) is 1.41. The van der Waals surface area contributed by atoms with Gasteiger partial charge in [0.15, 0.2) is 0 Å². The van der Waals surface area contributed by atoms with Crippen molar-refractivity contribution in [2.75, 3.05) is 6.61 Å². The molecule has 4 rings (SSSR count). The molecule has 0 aliphatic carbocycles. The number of carbonyl (C=O) groups is 1. The van der Waals surface area contributed by atoms with E-state index in [1.807, 2.05) is 60.0 Å². The first-order chi connectivity index (χ1) is 16.7. The second-order valence-electron chi connectivity index (χ2n) is 7.77. The monoisotopic (exact) mass is 472 g/mol. The van der Waals surface area contributed by atoms with Crippen molar-refractivity contribution in [3.8, 4) is 5.75 Å². The van der Waals surface area contributed by atoms with Crippen molar-refractivity contribution in [2.45, 2.75) is 19.5 Å². The molecule has 0 saturated heterocycles. The molecular weight excluding hydrogens is 447 g/mol. The van der Waals surface area contributed by atoms with E-state index in [4.69, 9.17) is 4.74 Å². The Morgan fingerprint density at radius 3 is 2.50 bits per heavy atom. The summed E-state index contributed by atoms with van der Waals surface area (Å²) in [6.07, 6.45) is 7.62. The van der Waals surface area contributed by atoms with Crippen LogP contribution in [0.15, 0.2) is 96.6 Å². The van der Waals surface area contributed by atoms with Crippen molar-refractivity contribution < 1.29 is 13.9 Å². The number of hydrogen-bond donors (Lipinski definition) is 0. The van der Waals surface area contributed by atoms with E-state index in [9.17, 15) is 9.18 Å². The number of aromatic nitrogens is 1. The lowest BCUT2D eigenvalue weighted by atomic mass is 10.1. The highest BCUT2D eigenvalue weighted by Gasteiger charge is 2.13. The molecule has 34 heavy (non-hydrogen) atoms. The third-order valence-corrected chi connectivity index (χ3v) is 6.05. The van der Waals surface area contributed by atoms with Gasteiger partial charge in [-0.1, -0.05) is 30.3 Å². The molecule has 1 amide bonds. The average molecular weight is 473 g/mol. The first kappa shape index (κ1) is 23.4.